The number of pyridine rings is 1. The van der Waals surface area contributed by atoms with Crippen molar-refractivity contribution in [1.82, 2.24) is 14.9 Å². The molecule has 0 saturated carbocycles. The minimum Gasteiger partial charge on any atom is -0.497 e. The summed E-state index contributed by atoms with van der Waals surface area (Å²) in [4.78, 5) is 31.2. The number of benzene rings is 1. The van der Waals surface area contributed by atoms with Gasteiger partial charge < -0.3 is 9.30 Å². The number of hydrogen-bond donors (Lipinski definition) is 1. The van der Waals surface area contributed by atoms with Gasteiger partial charge in [0.2, 0.25) is 0 Å². The first-order valence-corrected chi connectivity index (χ1v) is 9.96. The van der Waals surface area contributed by atoms with Crippen LogP contribution in [0.15, 0.2) is 60.4 Å². The molecular weight excluding hydrogens is 412 g/mol. The highest BCUT2D eigenvalue weighted by molar-refractivity contribution is 7.80. The second-order valence-corrected chi connectivity index (χ2v) is 7.41. The van der Waals surface area contributed by atoms with Crippen molar-refractivity contribution in [3.05, 3.63) is 77.4 Å². The van der Waals surface area contributed by atoms with E-state index in [2.05, 4.69) is 10.3 Å². The molecule has 0 aliphatic carbocycles. The largest absolute Gasteiger partial charge is 0.497 e. The van der Waals surface area contributed by atoms with Crippen LogP contribution in [0.5, 0.6) is 5.75 Å². The topological polar surface area (TPSA) is 76.5 Å². The third-order valence-electron chi connectivity index (χ3n) is 5.12. The van der Waals surface area contributed by atoms with Gasteiger partial charge in [0.25, 0.3) is 11.8 Å². The van der Waals surface area contributed by atoms with E-state index < -0.39 is 11.8 Å². The maximum atomic E-state index is 13.2. The molecule has 0 spiro atoms. The first-order valence-electron chi connectivity index (χ1n) is 9.55. The van der Waals surface area contributed by atoms with Gasteiger partial charge in [-0.15, -0.1) is 0 Å². The van der Waals surface area contributed by atoms with Crippen LogP contribution in [0.4, 0.5) is 5.69 Å². The first-order chi connectivity index (χ1) is 14.9. The summed E-state index contributed by atoms with van der Waals surface area (Å²) < 4.78 is 7.21. The molecule has 3 aromatic rings. The number of methoxy groups -OCH3 is 1. The van der Waals surface area contributed by atoms with Gasteiger partial charge in [0.15, 0.2) is 5.11 Å². The highest BCUT2D eigenvalue weighted by Gasteiger charge is 2.34. The predicted octanol–water partition coefficient (Wildman–Crippen LogP) is 3.33. The van der Waals surface area contributed by atoms with Crippen LogP contribution in [0.25, 0.3) is 11.8 Å². The Kier molecular flexibility index (Phi) is 5.39. The number of thiocarbonyl (C=S) groups is 1. The molecule has 7 nitrogen and oxygen atoms in total. The minimum absolute atomic E-state index is 0.0133. The number of rotatable bonds is 4. The SMILES string of the molecule is COc1ccc(N2C(=O)/C(=C\c3cc(C)n(-c4ccncc4)c3C)C(=O)NC2=S)cc1. The summed E-state index contributed by atoms with van der Waals surface area (Å²) in [6.07, 6.45) is 5.05. The minimum atomic E-state index is -0.520. The molecule has 1 fully saturated rings. The van der Waals surface area contributed by atoms with Gasteiger partial charge in [0.1, 0.15) is 11.3 Å². The van der Waals surface area contributed by atoms with Gasteiger partial charge in [0, 0.05) is 29.5 Å². The Hall–Kier alpha value is -3.78. The molecule has 1 saturated heterocycles. The fraction of sp³-hybridized carbons (Fsp3) is 0.130. The molecule has 0 bridgehead atoms. The number of carbonyl (C=O) groups excluding carboxylic acids is 2. The standard InChI is InChI=1S/C23H20N4O3S/c1-14-12-16(15(2)26(14)18-8-10-24-11-9-18)13-20-21(28)25-23(31)27(22(20)29)17-4-6-19(30-3)7-5-17/h4-13H,1-3H3,(H,25,28,31)/b20-13-. The molecule has 31 heavy (non-hydrogen) atoms. The van der Waals surface area contributed by atoms with Crippen LogP contribution in [0, 0.1) is 13.8 Å². The Balaban J connectivity index is 1.74. The summed E-state index contributed by atoms with van der Waals surface area (Å²) in [5.41, 5.74) is 4.16. The Morgan fingerprint density at radius 1 is 1.03 bits per heavy atom. The van der Waals surface area contributed by atoms with Crippen molar-refractivity contribution in [3.8, 4) is 11.4 Å². The summed E-state index contributed by atoms with van der Waals surface area (Å²) >= 11 is 5.26. The van der Waals surface area contributed by atoms with E-state index in [0.717, 1.165) is 22.6 Å². The summed E-state index contributed by atoms with van der Waals surface area (Å²) in [6.45, 7) is 3.91. The second-order valence-electron chi connectivity index (χ2n) is 7.02. The average molecular weight is 433 g/mol. The van der Waals surface area contributed by atoms with Gasteiger partial charge in [-0.25, -0.2) is 0 Å². The van der Waals surface area contributed by atoms with Crippen molar-refractivity contribution in [1.29, 1.82) is 0 Å². The van der Waals surface area contributed by atoms with Crippen molar-refractivity contribution >= 4 is 40.9 Å². The van der Waals surface area contributed by atoms with Crippen molar-refractivity contribution in [2.24, 2.45) is 0 Å². The van der Waals surface area contributed by atoms with E-state index in [4.69, 9.17) is 17.0 Å². The van der Waals surface area contributed by atoms with Gasteiger partial charge in [0.05, 0.1) is 12.8 Å². The molecule has 0 unspecified atom stereocenters. The maximum Gasteiger partial charge on any atom is 0.270 e. The van der Waals surface area contributed by atoms with E-state index >= 15 is 0 Å². The van der Waals surface area contributed by atoms with Crippen LogP contribution in [0.3, 0.4) is 0 Å². The Morgan fingerprint density at radius 3 is 2.35 bits per heavy atom. The lowest BCUT2D eigenvalue weighted by atomic mass is 10.1. The molecule has 2 amide bonds. The fourth-order valence-electron chi connectivity index (χ4n) is 3.60. The molecule has 156 valence electrons. The molecule has 3 heterocycles. The van der Waals surface area contributed by atoms with Gasteiger partial charge in [-0.05, 0) is 80.2 Å². The molecule has 1 aliphatic rings. The number of ether oxygens (including phenoxy) is 1. The quantitative estimate of drug-likeness (QED) is 0.389. The zero-order valence-electron chi connectivity index (χ0n) is 17.2. The van der Waals surface area contributed by atoms with Gasteiger partial charge >= 0.3 is 0 Å². The monoisotopic (exact) mass is 432 g/mol. The highest BCUT2D eigenvalue weighted by atomic mass is 32.1. The third kappa shape index (κ3) is 3.73. The van der Waals surface area contributed by atoms with Crippen LogP contribution < -0.4 is 15.0 Å². The van der Waals surface area contributed by atoms with E-state index in [1.54, 1.807) is 49.8 Å². The van der Waals surface area contributed by atoms with Crippen LogP contribution >= 0.6 is 12.2 Å². The zero-order chi connectivity index (χ0) is 22.1. The van der Waals surface area contributed by atoms with Crippen LogP contribution in [0.2, 0.25) is 0 Å². The lowest BCUT2D eigenvalue weighted by Crippen LogP contribution is -2.54. The predicted molar refractivity (Wildman–Crippen MR) is 122 cm³/mol. The number of nitrogens with zero attached hydrogens (tertiary/aromatic N) is 3. The second kappa shape index (κ2) is 8.16. The number of anilines is 1. The number of nitrogens with one attached hydrogen (secondary N) is 1. The number of hydrogen-bond acceptors (Lipinski definition) is 5. The van der Waals surface area contributed by atoms with Crippen molar-refractivity contribution in [3.63, 3.8) is 0 Å². The number of amides is 2. The molecule has 2 aromatic heterocycles. The average Bonchev–Trinajstić information content (AvgIpc) is 3.05. The molecular formula is C23H20N4O3S. The lowest BCUT2D eigenvalue weighted by Gasteiger charge is -2.29. The van der Waals surface area contributed by atoms with E-state index in [1.165, 1.54) is 4.90 Å². The first kappa shape index (κ1) is 20.5. The van der Waals surface area contributed by atoms with Crippen molar-refractivity contribution in [2.75, 3.05) is 12.0 Å². The molecule has 0 radical (unpaired) electrons. The van der Waals surface area contributed by atoms with E-state index in [1.807, 2.05) is 36.6 Å². The van der Waals surface area contributed by atoms with Gasteiger partial charge in [-0.3, -0.25) is 24.8 Å². The summed E-state index contributed by atoms with van der Waals surface area (Å²) in [5, 5.41) is 2.65. The van der Waals surface area contributed by atoms with Crippen LogP contribution in [-0.2, 0) is 9.59 Å². The van der Waals surface area contributed by atoms with Crippen LogP contribution in [0.1, 0.15) is 17.0 Å². The third-order valence-corrected chi connectivity index (χ3v) is 5.41. The highest BCUT2D eigenvalue weighted by Crippen LogP contribution is 2.27. The van der Waals surface area contributed by atoms with Gasteiger partial charge in [-0.2, -0.15) is 0 Å². The summed E-state index contributed by atoms with van der Waals surface area (Å²) in [5.74, 6) is -0.344. The smallest absolute Gasteiger partial charge is 0.270 e. The van der Waals surface area contributed by atoms with Gasteiger partial charge in [-0.1, -0.05) is 0 Å². The molecule has 1 aliphatic heterocycles. The molecule has 1 aromatic carbocycles. The van der Waals surface area contributed by atoms with E-state index in [0.29, 0.717) is 11.4 Å². The zero-order valence-corrected chi connectivity index (χ0v) is 18.1. The lowest BCUT2D eigenvalue weighted by molar-refractivity contribution is -0.122. The molecule has 1 N–H and O–H groups in total. The summed E-state index contributed by atoms with van der Waals surface area (Å²) in [7, 11) is 1.56. The van der Waals surface area contributed by atoms with E-state index in [9.17, 15) is 9.59 Å². The van der Waals surface area contributed by atoms with Crippen LogP contribution in [-0.4, -0.2) is 33.6 Å². The number of carbonyl (C=O) groups is 2. The maximum absolute atomic E-state index is 13.2. The molecule has 4 rings (SSSR count). The van der Waals surface area contributed by atoms with Crippen molar-refractivity contribution in [2.45, 2.75) is 13.8 Å². The van der Waals surface area contributed by atoms with E-state index in [-0.39, 0.29) is 10.7 Å². The number of aryl methyl sites for hydroxylation is 1. The Labute approximate surface area is 185 Å². The Bertz CT molecular complexity index is 1210. The van der Waals surface area contributed by atoms with Crippen molar-refractivity contribution < 1.29 is 14.3 Å². The summed E-state index contributed by atoms with van der Waals surface area (Å²) in [6, 6.07) is 12.6. The Morgan fingerprint density at radius 2 is 1.71 bits per heavy atom. The number of aromatic nitrogens is 2. The molecule has 8 heteroatoms. The fourth-order valence-corrected chi connectivity index (χ4v) is 3.88. The molecule has 0 atom stereocenters. The normalized spacial score (nSPS) is 15.4.